The second-order valence-electron chi connectivity index (χ2n) is 9.39. The summed E-state index contributed by atoms with van der Waals surface area (Å²) in [5.41, 5.74) is 2.70. The van der Waals surface area contributed by atoms with Crippen LogP contribution in [0.4, 0.5) is 10.1 Å². The van der Waals surface area contributed by atoms with Crippen molar-refractivity contribution in [1.29, 1.82) is 0 Å². The van der Waals surface area contributed by atoms with E-state index in [0.717, 1.165) is 33.6 Å². The van der Waals surface area contributed by atoms with Crippen LogP contribution in [-0.2, 0) is 20.9 Å². The molecular weight excluding hydrogens is 447 g/mol. The molecule has 7 nitrogen and oxygen atoms in total. The van der Waals surface area contributed by atoms with Gasteiger partial charge in [-0.25, -0.2) is 4.39 Å². The lowest BCUT2D eigenvalue weighted by Crippen LogP contribution is -2.28. The number of allylic oxidation sites excluding steroid dienone is 2. The van der Waals surface area contributed by atoms with E-state index >= 15 is 0 Å². The quantitative estimate of drug-likeness (QED) is 0.349. The van der Waals surface area contributed by atoms with Crippen LogP contribution in [0, 0.1) is 36.4 Å². The van der Waals surface area contributed by atoms with Crippen LogP contribution in [0.1, 0.15) is 17.7 Å². The number of carbonyl (C=O) groups excluding carboxylic acids is 3. The van der Waals surface area contributed by atoms with E-state index in [1.54, 1.807) is 12.3 Å². The lowest BCUT2D eigenvalue weighted by atomic mass is 9.85. The zero-order chi connectivity index (χ0) is 24.3. The Bertz CT molecular complexity index is 1430. The number of aromatic nitrogens is 1. The SMILES string of the molecule is Cc1c(C=NN2C(=O)[C@@H]3[C@H](C2=O)[C@H]2C=C[C@H]3C2)c2ccccc2n1CC(=O)Nc1cccc(F)c1. The van der Waals surface area contributed by atoms with Gasteiger partial charge in [-0.2, -0.15) is 10.1 Å². The van der Waals surface area contributed by atoms with Gasteiger partial charge in [0.25, 0.3) is 11.8 Å². The standard InChI is InChI=1S/C27H23FN4O3/c1-15-21(13-29-32-26(34)24-16-9-10-17(11-16)25(24)27(32)35)20-7-2-3-8-22(20)31(15)14-23(33)30-19-6-4-5-18(28)12-19/h2-10,12-13,16-17,24-25H,11,14H2,1H3,(H,30,33)/t16-,17-,24-,25+/m0/s1. The Balaban J connectivity index is 1.28. The molecule has 35 heavy (non-hydrogen) atoms. The molecule has 6 rings (SSSR count). The first kappa shape index (κ1) is 21.5. The van der Waals surface area contributed by atoms with E-state index in [1.807, 2.05) is 35.8 Å². The molecule has 4 atom stereocenters. The molecule has 1 saturated carbocycles. The van der Waals surface area contributed by atoms with E-state index in [-0.39, 0.29) is 47.9 Å². The van der Waals surface area contributed by atoms with Gasteiger partial charge in [-0.15, -0.1) is 0 Å². The maximum absolute atomic E-state index is 13.5. The smallest absolute Gasteiger partial charge is 0.254 e. The lowest BCUT2D eigenvalue weighted by Gasteiger charge is -2.13. The Labute approximate surface area is 200 Å². The fourth-order valence-corrected chi connectivity index (χ4v) is 5.85. The van der Waals surface area contributed by atoms with Crippen molar-refractivity contribution < 1.29 is 18.8 Å². The third kappa shape index (κ3) is 3.39. The molecule has 3 aliphatic rings. The fourth-order valence-electron chi connectivity index (χ4n) is 5.85. The van der Waals surface area contributed by atoms with Crippen molar-refractivity contribution in [3.8, 4) is 0 Å². The highest BCUT2D eigenvalue weighted by molar-refractivity contribution is 6.08. The van der Waals surface area contributed by atoms with Crippen LogP contribution in [0.2, 0.25) is 0 Å². The highest BCUT2D eigenvalue weighted by atomic mass is 19.1. The predicted octanol–water partition coefficient (Wildman–Crippen LogP) is 3.87. The van der Waals surface area contributed by atoms with Crippen LogP contribution in [-0.4, -0.2) is 33.5 Å². The molecule has 1 saturated heterocycles. The first-order valence-corrected chi connectivity index (χ1v) is 11.7. The van der Waals surface area contributed by atoms with Crippen molar-refractivity contribution in [2.75, 3.05) is 5.32 Å². The van der Waals surface area contributed by atoms with Crippen LogP contribution < -0.4 is 5.32 Å². The summed E-state index contributed by atoms with van der Waals surface area (Å²) in [6.07, 6.45) is 6.52. The summed E-state index contributed by atoms with van der Waals surface area (Å²) in [5, 5.41) is 8.95. The second-order valence-corrected chi connectivity index (χ2v) is 9.39. The number of amides is 3. The number of hydrogen-bond acceptors (Lipinski definition) is 4. The summed E-state index contributed by atoms with van der Waals surface area (Å²) in [6, 6.07) is 13.3. The van der Waals surface area contributed by atoms with Crippen LogP contribution >= 0.6 is 0 Å². The minimum atomic E-state index is -0.428. The van der Waals surface area contributed by atoms with Crippen LogP contribution in [0.15, 0.2) is 65.8 Å². The van der Waals surface area contributed by atoms with Gasteiger partial charge >= 0.3 is 0 Å². The summed E-state index contributed by atoms with van der Waals surface area (Å²) in [5.74, 6) is -1.55. The van der Waals surface area contributed by atoms with Gasteiger partial charge in [-0.1, -0.05) is 36.4 Å². The van der Waals surface area contributed by atoms with Gasteiger partial charge in [0.2, 0.25) is 5.91 Å². The van der Waals surface area contributed by atoms with Crippen LogP contribution in [0.3, 0.4) is 0 Å². The van der Waals surface area contributed by atoms with Crippen molar-refractivity contribution in [1.82, 2.24) is 9.58 Å². The Morgan fingerprint density at radius 1 is 1.09 bits per heavy atom. The average Bonchev–Trinajstić information content (AvgIpc) is 3.57. The fraction of sp³-hybridized carbons (Fsp3) is 0.259. The first-order valence-electron chi connectivity index (χ1n) is 11.7. The number of hydrazone groups is 1. The molecule has 0 unspecified atom stereocenters. The molecule has 0 radical (unpaired) electrons. The minimum absolute atomic E-state index is 0.0114. The number of carbonyl (C=O) groups is 3. The predicted molar refractivity (Wildman–Crippen MR) is 129 cm³/mol. The van der Waals surface area contributed by atoms with E-state index in [2.05, 4.69) is 22.6 Å². The van der Waals surface area contributed by atoms with E-state index in [0.29, 0.717) is 5.69 Å². The molecule has 176 valence electrons. The van der Waals surface area contributed by atoms with Gasteiger partial charge in [-0.3, -0.25) is 14.4 Å². The number of rotatable bonds is 5. The summed E-state index contributed by atoms with van der Waals surface area (Å²) < 4.78 is 15.3. The summed E-state index contributed by atoms with van der Waals surface area (Å²) in [7, 11) is 0. The van der Waals surface area contributed by atoms with Crippen molar-refractivity contribution in [3.05, 3.63) is 77.8 Å². The normalized spacial score (nSPS) is 24.8. The van der Waals surface area contributed by atoms with Gasteiger partial charge in [0, 0.05) is 27.8 Å². The Morgan fingerprint density at radius 2 is 1.80 bits per heavy atom. The van der Waals surface area contributed by atoms with Gasteiger partial charge in [-0.05, 0) is 49.4 Å². The van der Waals surface area contributed by atoms with E-state index in [4.69, 9.17) is 0 Å². The third-order valence-corrected chi connectivity index (χ3v) is 7.44. The van der Waals surface area contributed by atoms with Gasteiger partial charge in [0.05, 0.1) is 18.1 Å². The molecule has 2 aromatic carbocycles. The maximum Gasteiger partial charge on any atom is 0.254 e. The average molecular weight is 471 g/mol. The summed E-state index contributed by atoms with van der Waals surface area (Å²) in [6.45, 7) is 1.88. The monoisotopic (exact) mass is 470 g/mol. The highest BCUT2D eigenvalue weighted by Crippen LogP contribution is 2.52. The molecule has 1 N–H and O–H groups in total. The summed E-state index contributed by atoms with van der Waals surface area (Å²) >= 11 is 0. The first-order chi connectivity index (χ1) is 16.9. The van der Waals surface area contributed by atoms with E-state index < -0.39 is 5.82 Å². The number of imide groups is 1. The van der Waals surface area contributed by atoms with Crippen molar-refractivity contribution in [2.45, 2.75) is 19.9 Å². The second kappa shape index (κ2) is 8.01. The van der Waals surface area contributed by atoms with Gasteiger partial charge in [0.1, 0.15) is 12.4 Å². The lowest BCUT2D eigenvalue weighted by molar-refractivity contribution is -0.140. The molecule has 0 spiro atoms. The highest BCUT2D eigenvalue weighted by Gasteiger charge is 2.59. The number of hydrogen-bond donors (Lipinski definition) is 1. The van der Waals surface area contributed by atoms with Crippen molar-refractivity contribution in [3.63, 3.8) is 0 Å². The van der Waals surface area contributed by atoms with Crippen LogP contribution in [0.25, 0.3) is 10.9 Å². The Kier molecular flexibility index (Phi) is 4.91. The molecule has 1 aromatic heterocycles. The molecule has 3 aromatic rings. The Hall–Kier alpha value is -4.07. The molecule has 8 heteroatoms. The minimum Gasteiger partial charge on any atom is -0.335 e. The molecule has 3 amide bonds. The Morgan fingerprint density at radius 3 is 2.51 bits per heavy atom. The number of para-hydroxylation sites is 1. The van der Waals surface area contributed by atoms with Crippen molar-refractivity contribution >= 4 is 40.5 Å². The largest absolute Gasteiger partial charge is 0.335 e. The van der Waals surface area contributed by atoms with Gasteiger partial charge in [0.15, 0.2) is 0 Å². The van der Waals surface area contributed by atoms with E-state index in [1.165, 1.54) is 18.2 Å². The number of nitrogens with one attached hydrogen (secondary N) is 1. The molecule has 2 fully saturated rings. The number of fused-ring (bicyclic) bond motifs is 6. The number of nitrogens with zero attached hydrogens (tertiary/aromatic N) is 3. The van der Waals surface area contributed by atoms with Crippen molar-refractivity contribution in [2.24, 2.45) is 28.8 Å². The molecular formula is C27H23FN4O3. The molecule has 2 heterocycles. The number of benzene rings is 2. The number of halogens is 1. The molecule has 1 aliphatic heterocycles. The third-order valence-electron chi connectivity index (χ3n) is 7.44. The van der Waals surface area contributed by atoms with E-state index in [9.17, 15) is 18.8 Å². The molecule has 2 bridgehead atoms. The number of anilines is 1. The summed E-state index contributed by atoms with van der Waals surface area (Å²) in [4.78, 5) is 38.7. The van der Waals surface area contributed by atoms with Crippen LogP contribution in [0.5, 0.6) is 0 Å². The topological polar surface area (TPSA) is 83.8 Å². The zero-order valence-electron chi connectivity index (χ0n) is 19.0. The zero-order valence-corrected chi connectivity index (χ0v) is 19.0. The maximum atomic E-state index is 13.5. The van der Waals surface area contributed by atoms with Gasteiger partial charge < -0.3 is 9.88 Å². The molecule has 2 aliphatic carbocycles.